The van der Waals surface area contributed by atoms with Crippen LogP contribution in [0.5, 0.6) is 0 Å². The highest BCUT2D eigenvalue weighted by Gasteiger charge is 2.12. The van der Waals surface area contributed by atoms with Crippen molar-refractivity contribution in [2.75, 3.05) is 5.32 Å². The summed E-state index contributed by atoms with van der Waals surface area (Å²) in [5, 5.41) is 14.5. The van der Waals surface area contributed by atoms with Gasteiger partial charge < -0.3 is 15.7 Å². The van der Waals surface area contributed by atoms with Crippen molar-refractivity contribution in [1.29, 1.82) is 0 Å². The van der Waals surface area contributed by atoms with Gasteiger partial charge in [-0.3, -0.25) is 4.79 Å². The van der Waals surface area contributed by atoms with Crippen LogP contribution in [0.25, 0.3) is 0 Å². The van der Waals surface area contributed by atoms with Crippen LogP contribution < -0.4 is 10.6 Å². The molecule has 0 radical (unpaired) electrons. The highest BCUT2D eigenvalue weighted by Crippen LogP contribution is 2.16. The first-order valence-electron chi connectivity index (χ1n) is 7.29. The summed E-state index contributed by atoms with van der Waals surface area (Å²) >= 11 is 0. The van der Waals surface area contributed by atoms with E-state index in [-0.39, 0.29) is 18.5 Å². The molecule has 21 heavy (non-hydrogen) atoms. The van der Waals surface area contributed by atoms with Crippen LogP contribution in [0, 0.1) is 5.92 Å². The summed E-state index contributed by atoms with van der Waals surface area (Å²) in [5.74, 6) is -0.366. The van der Waals surface area contributed by atoms with E-state index in [4.69, 9.17) is 5.11 Å². The number of urea groups is 1. The lowest BCUT2D eigenvalue weighted by Crippen LogP contribution is -2.37. The molecular weight excluding hydrogens is 268 g/mol. The molecule has 1 aromatic rings. The molecule has 116 valence electrons. The van der Waals surface area contributed by atoms with E-state index in [1.54, 1.807) is 24.3 Å². The summed E-state index contributed by atoms with van der Waals surface area (Å²) in [7, 11) is 0. The maximum atomic E-state index is 12.0. The molecule has 2 amide bonds. The molecule has 0 heterocycles. The Labute approximate surface area is 125 Å². The predicted octanol–water partition coefficient (Wildman–Crippen LogP) is 3.26. The third-order valence-electron chi connectivity index (χ3n) is 3.44. The minimum Gasteiger partial charge on any atom is -0.481 e. The molecule has 2 atom stereocenters. The molecule has 1 rings (SSSR count). The number of carboxylic acids is 1. The highest BCUT2D eigenvalue weighted by molar-refractivity contribution is 5.91. The summed E-state index contributed by atoms with van der Waals surface area (Å²) in [5.41, 5.74) is 1.13. The van der Waals surface area contributed by atoms with Gasteiger partial charge in [-0.25, -0.2) is 4.79 Å². The topological polar surface area (TPSA) is 78.4 Å². The molecule has 0 spiro atoms. The lowest BCUT2D eigenvalue weighted by atomic mass is 10.0. The number of carbonyl (C=O) groups excluding carboxylic acids is 1. The molecule has 0 aromatic heterocycles. The van der Waals surface area contributed by atoms with Gasteiger partial charge in [0.2, 0.25) is 0 Å². The normalized spacial score (nSPS) is 13.3. The first kappa shape index (κ1) is 17.0. The predicted molar refractivity (Wildman–Crippen MR) is 83.5 cm³/mol. The molecule has 0 saturated heterocycles. The Hall–Kier alpha value is -2.04. The second-order valence-corrected chi connectivity index (χ2v) is 5.48. The number of para-hydroxylation sites is 1. The van der Waals surface area contributed by atoms with Gasteiger partial charge >= 0.3 is 12.0 Å². The van der Waals surface area contributed by atoms with E-state index in [1.165, 1.54) is 0 Å². The molecule has 0 aliphatic heterocycles. The fourth-order valence-corrected chi connectivity index (χ4v) is 2.17. The summed E-state index contributed by atoms with van der Waals surface area (Å²) in [6.45, 7) is 6.24. The van der Waals surface area contributed by atoms with Crippen molar-refractivity contribution >= 4 is 17.7 Å². The van der Waals surface area contributed by atoms with Gasteiger partial charge in [0, 0.05) is 11.7 Å². The Morgan fingerprint density at radius 3 is 2.52 bits per heavy atom. The zero-order valence-electron chi connectivity index (χ0n) is 12.8. The molecule has 5 nitrogen and oxygen atoms in total. The van der Waals surface area contributed by atoms with Crippen LogP contribution in [-0.2, 0) is 11.2 Å². The second kappa shape index (κ2) is 8.29. The largest absolute Gasteiger partial charge is 0.481 e. The number of rotatable bonds is 7. The van der Waals surface area contributed by atoms with Crippen molar-refractivity contribution < 1.29 is 14.7 Å². The Bertz CT molecular complexity index is 488. The summed E-state index contributed by atoms with van der Waals surface area (Å²) in [4.78, 5) is 22.8. The van der Waals surface area contributed by atoms with Crippen LogP contribution in [-0.4, -0.2) is 23.1 Å². The zero-order valence-corrected chi connectivity index (χ0v) is 12.8. The number of hydrogen-bond acceptors (Lipinski definition) is 2. The fraction of sp³-hybridized carbons (Fsp3) is 0.500. The molecular formula is C16H24N2O3. The smallest absolute Gasteiger partial charge is 0.319 e. The summed E-state index contributed by atoms with van der Waals surface area (Å²) < 4.78 is 0. The monoisotopic (exact) mass is 292 g/mol. The molecule has 5 heteroatoms. The van der Waals surface area contributed by atoms with Crippen LogP contribution in [0.4, 0.5) is 10.5 Å². The molecule has 0 aliphatic carbocycles. The van der Waals surface area contributed by atoms with E-state index < -0.39 is 5.97 Å². The Morgan fingerprint density at radius 2 is 1.90 bits per heavy atom. The lowest BCUT2D eigenvalue weighted by Gasteiger charge is -2.18. The maximum absolute atomic E-state index is 12.0. The Morgan fingerprint density at radius 1 is 1.24 bits per heavy atom. The fourth-order valence-electron chi connectivity index (χ4n) is 2.17. The third-order valence-corrected chi connectivity index (χ3v) is 3.44. The quantitative estimate of drug-likeness (QED) is 0.721. The summed E-state index contributed by atoms with van der Waals surface area (Å²) in [6.07, 6.45) is 1.88. The SMILES string of the molecule is CCC(C)CC(C)NC(=O)Nc1ccccc1CC(=O)O. The first-order valence-corrected chi connectivity index (χ1v) is 7.29. The average molecular weight is 292 g/mol. The third kappa shape index (κ3) is 6.29. The second-order valence-electron chi connectivity index (χ2n) is 5.48. The van der Waals surface area contributed by atoms with Crippen LogP contribution in [0.15, 0.2) is 24.3 Å². The summed E-state index contributed by atoms with van der Waals surface area (Å²) in [6, 6.07) is 6.70. The van der Waals surface area contributed by atoms with E-state index >= 15 is 0 Å². The molecule has 2 unspecified atom stereocenters. The minimum atomic E-state index is -0.921. The average Bonchev–Trinajstić information content (AvgIpc) is 2.39. The van der Waals surface area contributed by atoms with Crippen molar-refractivity contribution in [3.63, 3.8) is 0 Å². The van der Waals surface area contributed by atoms with Crippen molar-refractivity contribution in [1.82, 2.24) is 5.32 Å². The van der Waals surface area contributed by atoms with Gasteiger partial charge in [0.05, 0.1) is 6.42 Å². The number of nitrogens with one attached hydrogen (secondary N) is 2. The van der Waals surface area contributed by atoms with Crippen LogP contribution in [0.3, 0.4) is 0 Å². The molecule has 0 saturated carbocycles. The van der Waals surface area contributed by atoms with Crippen molar-refractivity contribution in [3.8, 4) is 0 Å². The van der Waals surface area contributed by atoms with E-state index in [0.29, 0.717) is 17.2 Å². The number of aliphatic carboxylic acids is 1. The van der Waals surface area contributed by atoms with Crippen molar-refractivity contribution in [2.24, 2.45) is 5.92 Å². The van der Waals surface area contributed by atoms with Gasteiger partial charge in [-0.1, -0.05) is 38.5 Å². The van der Waals surface area contributed by atoms with Gasteiger partial charge in [-0.15, -0.1) is 0 Å². The van der Waals surface area contributed by atoms with E-state index in [2.05, 4.69) is 24.5 Å². The molecule has 0 bridgehead atoms. The van der Waals surface area contributed by atoms with Crippen LogP contribution in [0.2, 0.25) is 0 Å². The molecule has 3 N–H and O–H groups in total. The minimum absolute atomic E-state index is 0.0755. The Kier molecular flexibility index (Phi) is 6.72. The van der Waals surface area contributed by atoms with Crippen LogP contribution >= 0.6 is 0 Å². The molecule has 1 aromatic carbocycles. The number of benzene rings is 1. The highest BCUT2D eigenvalue weighted by atomic mass is 16.4. The van der Waals surface area contributed by atoms with Crippen LogP contribution in [0.1, 0.15) is 39.2 Å². The number of anilines is 1. The van der Waals surface area contributed by atoms with Gasteiger partial charge in [0.25, 0.3) is 0 Å². The lowest BCUT2D eigenvalue weighted by molar-refractivity contribution is -0.136. The Balaban J connectivity index is 2.60. The van der Waals surface area contributed by atoms with Gasteiger partial charge in [-0.2, -0.15) is 0 Å². The number of carbonyl (C=O) groups is 2. The van der Waals surface area contributed by atoms with Crippen molar-refractivity contribution in [2.45, 2.75) is 46.1 Å². The standard InChI is InChI=1S/C16H24N2O3/c1-4-11(2)9-12(3)17-16(21)18-14-8-6-5-7-13(14)10-15(19)20/h5-8,11-12H,4,9-10H2,1-3H3,(H,19,20)(H2,17,18,21). The first-order chi connectivity index (χ1) is 9.92. The number of amides is 2. The van der Waals surface area contributed by atoms with Gasteiger partial charge in [0.1, 0.15) is 0 Å². The molecule has 0 fully saturated rings. The van der Waals surface area contributed by atoms with Crippen molar-refractivity contribution in [3.05, 3.63) is 29.8 Å². The number of carboxylic acid groups (broad SMARTS) is 1. The van der Waals surface area contributed by atoms with E-state index in [9.17, 15) is 9.59 Å². The van der Waals surface area contributed by atoms with E-state index in [1.807, 2.05) is 6.92 Å². The van der Waals surface area contributed by atoms with E-state index in [0.717, 1.165) is 12.8 Å². The maximum Gasteiger partial charge on any atom is 0.319 e. The number of hydrogen-bond donors (Lipinski definition) is 3. The van der Waals surface area contributed by atoms with Gasteiger partial charge in [-0.05, 0) is 30.9 Å². The zero-order chi connectivity index (χ0) is 15.8. The molecule has 0 aliphatic rings. The van der Waals surface area contributed by atoms with Gasteiger partial charge in [0.15, 0.2) is 0 Å².